The van der Waals surface area contributed by atoms with E-state index in [1.165, 1.54) is 7.11 Å². The highest BCUT2D eigenvalue weighted by Gasteiger charge is 2.66. The van der Waals surface area contributed by atoms with Crippen LogP contribution in [-0.4, -0.2) is 82.0 Å². The third-order valence-electron chi connectivity index (χ3n) is 9.09. The number of hydrogen-bond donors (Lipinski definition) is 3. The molecule has 3 heterocycles. The molecular formula is C29H39NO9. The SMILES string of the molecule is COC1=C[C@@]23CCCN2CCc2cc4c(cc2[C@@]3(C)C1OC(=O)[C@](O)(CCCC(C)(C)O)CC(=O)O)OCO4. The van der Waals surface area contributed by atoms with Gasteiger partial charge in [0, 0.05) is 6.54 Å². The second-order valence-corrected chi connectivity index (χ2v) is 12.1. The molecule has 10 heteroatoms. The van der Waals surface area contributed by atoms with Crippen LogP contribution in [-0.2, 0) is 30.9 Å². The molecule has 1 fully saturated rings. The number of methoxy groups -OCH3 is 1. The number of fused-ring (bicyclic) bond motifs is 3. The lowest BCUT2D eigenvalue weighted by atomic mass is 9.65. The molecule has 0 radical (unpaired) electrons. The van der Waals surface area contributed by atoms with Crippen LogP contribution in [0.15, 0.2) is 24.0 Å². The average Bonchev–Trinajstić information content (AvgIpc) is 3.52. The fourth-order valence-corrected chi connectivity index (χ4v) is 7.12. The van der Waals surface area contributed by atoms with E-state index >= 15 is 0 Å². The lowest BCUT2D eigenvalue weighted by Crippen LogP contribution is -2.59. The number of hydrogen-bond acceptors (Lipinski definition) is 9. The molecule has 0 amide bonds. The van der Waals surface area contributed by atoms with Crippen LogP contribution in [0.1, 0.15) is 70.4 Å². The number of esters is 1. The van der Waals surface area contributed by atoms with Crippen LogP contribution in [0.2, 0.25) is 0 Å². The number of carbonyl (C=O) groups is 2. The number of ether oxygens (including phenoxy) is 4. The van der Waals surface area contributed by atoms with Crippen molar-refractivity contribution in [2.24, 2.45) is 0 Å². The van der Waals surface area contributed by atoms with E-state index in [4.69, 9.17) is 18.9 Å². The second-order valence-electron chi connectivity index (χ2n) is 12.1. The monoisotopic (exact) mass is 545 g/mol. The predicted molar refractivity (Wildman–Crippen MR) is 139 cm³/mol. The third kappa shape index (κ3) is 4.56. The van der Waals surface area contributed by atoms with Crippen molar-refractivity contribution in [1.29, 1.82) is 0 Å². The van der Waals surface area contributed by atoms with Gasteiger partial charge in [-0.05, 0) is 95.2 Å². The third-order valence-corrected chi connectivity index (χ3v) is 9.09. The summed E-state index contributed by atoms with van der Waals surface area (Å²) in [6.07, 6.45) is 3.26. The molecule has 214 valence electrons. The molecule has 1 saturated heterocycles. The molecule has 0 saturated carbocycles. The Balaban J connectivity index is 1.55. The number of benzene rings is 1. The van der Waals surface area contributed by atoms with E-state index in [1.807, 2.05) is 12.1 Å². The molecule has 1 aromatic rings. The zero-order valence-corrected chi connectivity index (χ0v) is 23.1. The fourth-order valence-electron chi connectivity index (χ4n) is 7.12. The molecular weight excluding hydrogens is 506 g/mol. The molecule has 1 spiro atoms. The van der Waals surface area contributed by atoms with Gasteiger partial charge in [-0.3, -0.25) is 9.69 Å². The van der Waals surface area contributed by atoms with Gasteiger partial charge in [0.1, 0.15) is 5.76 Å². The van der Waals surface area contributed by atoms with Crippen LogP contribution in [0.5, 0.6) is 11.5 Å². The highest BCUT2D eigenvalue weighted by molar-refractivity contribution is 5.85. The molecule has 1 aliphatic carbocycles. The maximum atomic E-state index is 13.7. The molecule has 10 nitrogen and oxygen atoms in total. The molecule has 1 aromatic carbocycles. The summed E-state index contributed by atoms with van der Waals surface area (Å²) in [6, 6.07) is 3.97. The average molecular weight is 546 g/mol. The molecule has 5 rings (SSSR count). The maximum Gasteiger partial charge on any atom is 0.339 e. The van der Waals surface area contributed by atoms with Gasteiger partial charge in [0.25, 0.3) is 0 Å². The first-order valence-corrected chi connectivity index (χ1v) is 13.7. The highest BCUT2D eigenvalue weighted by Crippen LogP contribution is 2.59. The van der Waals surface area contributed by atoms with Crippen molar-refractivity contribution in [3.05, 3.63) is 35.1 Å². The van der Waals surface area contributed by atoms with E-state index in [2.05, 4.69) is 17.9 Å². The van der Waals surface area contributed by atoms with Crippen LogP contribution in [0.25, 0.3) is 0 Å². The summed E-state index contributed by atoms with van der Waals surface area (Å²) in [5.74, 6) is -0.548. The molecule has 3 aliphatic heterocycles. The Morgan fingerprint density at radius 3 is 2.54 bits per heavy atom. The molecule has 4 atom stereocenters. The first kappa shape index (κ1) is 27.7. The Hall–Kier alpha value is -2.82. The maximum absolute atomic E-state index is 13.7. The van der Waals surface area contributed by atoms with Crippen LogP contribution in [0.3, 0.4) is 0 Å². The van der Waals surface area contributed by atoms with Crippen LogP contribution < -0.4 is 9.47 Å². The number of carbonyl (C=O) groups excluding carboxylic acids is 1. The number of carboxylic acid groups (broad SMARTS) is 1. The van der Waals surface area contributed by atoms with E-state index < -0.39 is 46.6 Å². The molecule has 0 bridgehead atoms. The normalized spacial score (nSPS) is 29.0. The Kier molecular flexibility index (Phi) is 6.88. The van der Waals surface area contributed by atoms with Crippen molar-refractivity contribution in [3.63, 3.8) is 0 Å². The van der Waals surface area contributed by atoms with E-state index in [-0.39, 0.29) is 26.1 Å². The summed E-state index contributed by atoms with van der Waals surface area (Å²) in [7, 11) is 1.53. The smallest absolute Gasteiger partial charge is 0.339 e. The summed E-state index contributed by atoms with van der Waals surface area (Å²) in [5.41, 5.74) is -2.58. The van der Waals surface area contributed by atoms with E-state index in [1.54, 1.807) is 13.8 Å². The standard InChI is InChI=1S/C29H39NO9/c1-26(2,34)8-5-9-28(35,16-23(31)32)25(33)39-24-22(36-4)15-29-10-6-11-30(29)12-7-18-13-20-21(38-17-37-20)14-19(18)27(24,29)3/h13-15,24,34-35H,5-12,16-17H2,1-4H3,(H,31,32)/t24?,27-,28-,29+/m0/s1. The van der Waals surface area contributed by atoms with Gasteiger partial charge >= 0.3 is 11.9 Å². The molecule has 39 heavy (non-hydrogen) atoms. The van der Waals surface area contributed by atoms with Gasteiger partial charge in [0.2, 0.25) is 6.79 Å². The van der Waals surface area contributed by atoms with Crippen molar-refractivity contribution >= 4 is 11.9 Å². The minimum absolute atomic E-state index is 0.138. The Morgan fingerprint density at radius 2 is 1.87 bits per heavy atom. The highest BCUT2D eigenvalue weighted by atomic mass is 16.7. The summed E-state index contributed by atoms with van der Waals surface area (Å²) in [4.78, 5) is 27.9. The molecule has 0 aromatic heterocycles. The Labute approximate surface area is 228 Å². The molecule has 4 aliphatic rings. The van der Waals surface area contributed by atoms with Crippen molar-refractivity contribution in [3.8, 4) is 11.5 Å². The van der Waals surface area contributed by atoms with E-state index in [9.17, 15) is 24.9 Å². The lowest BCUT2D eigenvalue weighted by molar-refractivity contribution is -0.180. The number of nitrogens with zero attached hydrogens (tertiary/aromatic N) is 1. The first-order valence-electron chi connectivity index (χ1n) is 13.7. The minimum Gasteiger partial charge on any atom is -0.497 e. The largest absolute Gasteiger partial charge is 0.497 e. The fraction of sp³-hybridized carbons (Fsp3) is 0.655. The van der Waals surface area contributed by atoms with Crippen molar-refractivity contribution in [1.82, 2.24) is 4.90 Å². The zero-order valence-electron chi connectivity index (χ0n) is 23.1. The quantitative estimate of drug-likeness (QED) is 0.398. The molecule has 1 unspecified atom stereocenters. The van der Waals surface area contributed by atoms with Gasteiger partial charge in [-0.25, -0.2) is 4.79 Å². The van der Waals surface area contributed by atoms with E-state index in [0.29, 0.717) is 17.3 Å². The summed E-state index contributed by atoms with van der Waals surface area (Å²) in [5, 5.41) is 31.0. The number of rotatable bonds is 9. The first-order chi connectivity index (χ1) is 18.3. The summed E-state index contributed by atoms with van der Waals surface area (Å²) in [6.45, 7) is 7.12. The van der Waals surface area contributed by atoms with Crippen molar-refractivity contribution in [2.75, 3.05) is 27.0 Å². The van der Waals surface area contributed by atoms with Crippen LogP contribution >= 0.6 is 0 Å². The van der Waals surface area contributed by atoms with Gasteiger partial charge in [-0.15, -0.1) is 0 Å². The Bertz CT molecular complexity index is 1190. The van der Waals surface area contributed by atoms with Crippen LogP contribution in [0, 0.1) is 0 Å². The number of aliphatic hydroxyl groups is 2. The summed E-state index contributed by atoms with van der Waals surface area (Å²) < 4.78 is 23.4. The van der Waals surface area contributed by atoms with Gasteiger partial charge in [-0.2, -0.15) is 0 Å². The Morgan fingerprint density at radius 1 is 1.15 bits per heavy atom. The van der Waals surface area contributed by atoms with Crippen molar-refractivity contribution in [2.45, 2.75) is 94.0 Å². The number of carboxylic acids is 1. The minimum atomic E-state index is -2.26. The van der Waals surface area contributed by atoms with Crippen molar-refractivity contribution < 1.29 is 43.9 Å². The predicted octanol–water partition coefficient (Wildman–Crippen LogP) is 2.67. The summed E-state index contributed by atoms with van der Waals surface area (Å²) >= 11 is 0. The van der Waals surface area contributed by atoms with Crippen LogP contribution in [0.4, 0.5) is 0 Å². The molecule has 3 N–H and O–H groups in total. The zero-order chi connectivity index (χ0) is 28.2. The van der Waals surface area contributed by atoms with Gasteiger partial charge in [0.15, 0.2) is 23.2 Å². The number of aliphatic carboxylic acids is 1. The van der Waals surface area contributed by atoms with Gasteiger partial charge < -0.3 is 34.3 Å². The van der Waals surface area contributed by atoms with Gasteiger partial charge in [0.05, 0.1) is 30.1 Å². The topological polar surface area (TPSA) is 135 Å². The second kappa shape index (κ2) is 9.67. The van der Waals surface area contributed by atoms with E-state index in [0.717, 1.165) is 43.5 Å². The lowest BCUT2D eigenvalue weighted by Gasteiger charge is -2.48. The van der Waals surface area contributed by atoms with Gasteiger partial charge in [-0.1, -0.05) is 0 Å².